The van der Waals surface area contributed by atoms with Crippen LogP contribution in [-0.4, -0.2) is 27.4 Å². The zero-order valence-electron chi connectivity index (χ0n) is 16.3. The molecule has 4 rings (SSSR count). The third kappa shape index (κ3) is 5.28. The minimum Gasteiger partial charge on any atom is -0.406 e. The van der Waals surface area contributed by atoms with E-state index in [1.165, 1.54) is 12.1 Å². The first kappa shape index (κ1) is 21.0. The average Bonchev–Trinajstić information content (AvgIpc) is 3.28. The summed E-state index contributed by atoms with van der Waals surface area (Å²) < 4.78 is 45.8. The Hall–Kier alpha value is -4.21. The number of amides is 1. The summed E-state index contributed by atoms with van der Waals surface area (Å²) in [6, 6.07) is 15.4. The lowest BCUT2D eigenvalue weighted by atomic mass is 10.1. The van der Waals surface area contributed by atoms with Crippen molar-refractivity contribution in [2.45, 2.75) is 12.9 Å². The second-order valence-corrected chi connectivity index (χ2v) is 6.61. The van der Waals surface area contributed by atoms with Crippen LogP contribution in [0.15, 0.2) is 77.6 Å². The first-order valence-electron chi connectivity index (χ1n) is 9.35. The lowest BCUT2D eigenvalue weighted by Crippen LogP contribution is -2.23. The second kappa shape index (κ2) is 8.88. The molecule has 0 saturated heterocycles. The molecule has 0 aliphatic rings. The van der Waals surface area contributed by atoms with Crippen LogP contribution in [0.4, 0.5) is 13.2 Å². The van der Waals surface area contributed by atoms with Crippen LogP contribution in [0.3, 0.4) is 0 Å². The fourth-order valence-corrected chi connectivity index (χ4v) is 2.87. The summed E-state index contributed by atoms with van der Waals surface area (Å²) in [5.74, 6) is -0.0801. The van der Waals surface area contributed by atoms with Gasteiger partial charge in [-0.2, -0.15) is 4.98 Å². The van der Waals surface area contributed by atoms with E-state index in [0.29, 0.717) is 17.3 Å². The third-order valence-electron chi connectivity index (χ3n) is 4.34. The number of rotatable bonds is 6. The minimum atomic E-state index is -4.79. The van der Waals surface area contributed by atoms with E-state index in [2.05, 4.69) is 25.2 Å². The number of alkyl halides is 3. The molecule has 162 valence electrons. The molecule has 2 aromatic carbocycles. The van der Waals surface area contributed by atoms with Crippen LogP contribution in [0.5, 0.6) is 5.75 Å². The van der Waals surface area contributed by atoms with Crippen LogP contribution in [0.1, 0.15) is 15.9 Å². The summed E-state index contributed by atoms with van der Waals surface area (Å²) in [7, 11) is 0. The van der Waals surface area contributed by atoms with Crippen LogP contribution in [-0.2, 0) is 6.54 Å². The highest BCUT2D eigenvalue weighted by Crippen LogP contribution is 2.24. The molecular weight excluding hydrogens is 425 g/mol. The van der Waals surface area contributed by atoms with Gasteiger partial charge in [-0.1, -0.05) is 17.3 Å². The third-order valence-corrected chi connectivity index (χ3v) is 4.34. The summed E-state index contributed by atoms with van der Waals surface area (Å²) >= 11 is 0. The lowest BCUT2D eigenvalue weighted by Gasteiger charge is -2.10. The molecule has 10 heteroatoms. The second-order valence-electron chi connectivity index (χ2n) is 6.61. The van der Waals surface area contributed by atoms with Crippen LogP contribution < -0.4 is 10.1 Å². The van der Waals surface area contributed by atoms with Gasteiger partial charge in [-0.15, -0.1) is 13.2 Å². The molecule has 0 aliphatic carbocycles. The van der Waals surface area contributed by atoms with Gasteiger partial charge in [0.15, 0.2) is 0 Å². The van der Waals surface area contributed by atoms with Crippen LogP contribution in [0, 0.1) is 0 Å². The highest BCUT2D eigenvalue weighted by molar-refractivity contribution is 5.94. The largest absolute Gasteiger partial charge is 0.573 e. The Kier molecular flexibility index (Phi) is 5.84. The quantitative estimate of drug-likeness (QED) is 0.470. The number of hydrogen-bond acceptors (Lipinski definition) is 6. The number of pyridine rings is 1. The molecule has 2 heterocycles. The van der Waals surface area contributed by atoms with E-state index in [9.17, 15) is 18.0 Å². The molecule has 0 atom stereocenters. The number of benzene rings is 2. The van der Waals surface area contributed by atoms with Gasteiger partial charge in [0.1, 0.15) is 5.75 Å². The Morgan fingerprint density at radius 3 is 2.47 bits per heavy atom. The number of carbonyl (C=O) groups is 1. The van der Waals surface area contributed by atoms with E-state index >= 15 is 0 Å². The highest BCUT2D eigenvalue weighted by Gasteiger charge is 2.31. The molecule has 2 aromatic heterocycles. The summed E-state index contributed by atoms with van der Waals surface area (Å²) in [4.78, 5) is 20.6. The number of aromatic nitrogens is 3. The number of halogens is 3. The average molecular weight is 440 g/mol. The molecule has 1 N–H and O–H groups in total. The minimum absolute atomic E-state index is 0.193. The van der Waals surface area contributed by atoms with Crippen molar-refractivity contribution in [1.82, 2.24) is 20.4 Å². The first-order chi connectivity index (χ1) is 15.4. The highest BCUT2D eigenvalue weighted by atomic mass is 19.4. The van der Waals surface area contributed by atoms with Crippen molar-refractivity contribution in [3.63, 3.8) is 0 Å². The van der Waals surface area contributed by atoms with Crippen LogP contribution in [0.25, 0.3) is 22.8 Å². The molecular formula is C22H15F3N4O3. The molecule has 7 nitrogen and oxygen atoms in total. The molecule has 0 saturated carbocycles. The van der Waals surface area contributed by atoms with Crippen LogP contribution in [0.2, 0.25) is 0 Å². The van der Waals surface area contributed by atoms with Gasteiger partial charge in [0.25, 0.3) is 11.8 Å². The number of hydrogen-bond donors (Lipinski definition) is 1. The molecule has 0 aliphatic heterocycles. The van der Waals surface area contributed by atoms with Gasteiger partial charge in [-0.3, -0.25) is 9.78 Å². The molecule has 1 amide bonds. The summed E-state index contributed by atoms with van der Waals surface area (Å²) in [5.41, 5.74) is 2.43. The van der Waals surface area contributed by atoms with Gasteiger partial charge in [0.05, 0.1) is 0 Å². The van der Waals surface area contributed by atoms with Crippen molar-refractivity contribution in [3.8, 4) is 28.6 Å². The standard InChI is InChI=1S/C22H15F3N4O3/c23-22(24,25)31-18-6-4-16(5-7-18)20(30)27-13-14-2-1-3-17(12-14)21-28-19(29-32-21)15-8-10-26-11-9-15/h1-12H,13H2,(H,27,30). The maximum atomic E-state index is 12.3. The maximum Gasteiger partial charge on any atom is 0.573 e. The Labute approximate surface area is 179 Å². The van der Waals surface area contributed by atoms with E-state index in [1.54, 1.807) is 42.7 Å². The predicted molar refractivity (Wildman–Crippen MR) is 107 cm³/mol. The van der Waals surface area contributed by atoms with Crippen LogP contribution >= 0.6 is 0 Å². The first-order valence-corrected chi connectivity index (χ1v) is 9.35. The normalized spacial score (nSPS) is 11.2. The van der Waals surface area contributed by atoms with Crippen molar-refractivity contribution < 1.29 is 27.2 Å². The van der Waals surface area contributed by atoms with Gasteiger partial charge in [0.2, 0.25) is 5.82 Å². The van der Waals surface area contributed by atoms with E-state index in [-0.39, 0.29) is 12.1 Å². The van der Waals surface area contributed by atoms with Crippen molar-refractivity contribution in [2.24, 2.45) is 0 Å². The van der Waals surface area contributed by atoms with Gasteiger partial charge in [-0.05, 0) is 54.1 Å². The smallest absolute Gasteiger partial charge is 0.406 e. The van der Waals surface area contributed by atoms with Crippen molar-refractivity contribution in [3.05, 3.63) is 84.2 Å². The van der Waals surface area contributed by atoms with Crippen molar-refractivity contribution in [1.29, 1.82) is 0 Å². The number of nitrogens with one attached hydrogen (secondary N) is 1. The van der Waals surface area contributed by atoms with Crippen molar-refractivity contribution in [2.75, 3.05) is 0 Å². The molecule has 0 unspecified atom stereocenters. The molecule has 0 fully saturated rings. The zero-order valence-corrected chi connectivity index (χ0v) is 16.3. The van der Waals surface area contributed by atoms with Gasteiger partial charge < -0.3 is 14.6 Å². The Bertz CT molecular complexity index is 1210. The summed E-state index contributed by atoms with van der Waals surface area (Å²) in [5, 5.41) is 6.69. The molecule has 0 spiro atoms. The maximum absolute atomic E-state index is 12.3. The van der Waals surface area contributed by atoms with E-state index in [1.807, 2.05) is 6.07 Å². The number of ether oxygens (including phenoxy) is 1. The lowest BCUT2D eigenvalue weighted by molar-refractivity contribution is -0.274. The SMILES string of the molecule is O=C(NCc1cccc(-c2nc(-c3ccncc3)no2)c1)c1ccc(OC(F)(F)F)cc1. The van der Waals surface area contributed by atoms with E-state index in [4.69, 9.17) is 4.52 Å². The Morgan fingerprint density at radius 2 is 1.75 bits per heavy atom. The molecule has 0 radical (unpaired) electrons. The van der Waals surface area contributed by atoms with E-state index in [0.717, 1.165) is 23.3 Å². The molecule has 32 heavy (non-hydrogen) atoms. The fraction of sp³-hybridized carbons (Fsp3) is 0.0909. The zero-order chi connectivity index (χ0) is 22.6. The fourth-order valence-electron chi connectivity index (χ4n) is 2.87. The monoisotopic (exact) mass is 440 g/mol. The predicted octanol–water partition coefficient (Wildman–Crippen LogP) is 4.63. The Morgan fingerprint density at radius 1 is 1.00 bits per heavy atom. The van der Waals surface area contributed by atoms with Gasteiger partial charge in [0, 0.05) is 35.6 Å². The number of carbonyl (C=O) groups excluding carboxylic acids is 1. The topological polar surface area (TPSA) is 90.1 Å². The Balaban J connectivity index is 1.40. The van der Waals surface area contributed by atoms with Crippen molar-refractivity contribution >= 4 is 5.91 Å². The molecule has 0 bridgehead atoms. The van der Waals surface area contributed by atoms with E-state index < -0.39 is 18.0 Å². The summed E-state index contributed by atoms with van der Waals surface area (Å²) in [6.07, 6.45) is -1.52. The molecule has 4 aromatic rings. The summed E-state index contributed by atoms with van der Waals surface area (Å²) in [6.45, 7) is 0.193. The number of nitrogens with zero attached hydrogens (tertiary/aromatic N) is 3. The van der Waals surface area contributed by atoms with Gasteiger partial charge >= 0.3 is 6.36 Å². The van der Waals surface area contributed by atoms with Gasteiger partial charge in [-0.25, -0.2) is 0 Å².